The van der Waals surface area contributed by atoms with Crippen LogP contribution in [0.1, 0.15) is 33.1 Å². The van der Waals surface area contributed by atoms with Crippen molar-refractivity contribution >= 4 is 11.6 Å². The monoisotopic (exact) mass is 278 g/mol. The van der Waals surface area contributed by atoms with Gasteiger partial charge >= 0.3 is 0 Å². The predicted octanol–water partition coefficient (Wildman–Crippen LogP) is 2.51. The van der Waals surface area contributed by atoms with Crippen LogP contribution in [0.25, 0.3) is 0 Å². The topological polar surface area (TPSA) is 73.6 Å². The summed E-state index contributed by atoms with van der Waals surface area (Å²) < 4.78 is 10.5. The second-order valence-electron chi connectivity index (χ2n) is 5.82. The van der Waals surface area contributed by atoms with Crippen LogP contribution in [0.2, 0.25) is 0 Å². The Morgan fingerprint density at radius 2 is 2.05 bits per heavy atom. The number of hydrogen-bond donors (Lipinski definition) is 2. The van der Waals surface area contributed by atoms with E-state index in [-0.39, 0.29) is 18.1 Å². The normalized spacial score (nSPS) is 13.3. The summed E-state index contributed by atoms with van der Waals surface area (Å²) in [5.41, 5.74) is 6.40. The molecule has 0 aliphatic carbocycles. The van der Waals surface area contributed by atoms with Crippen molar-refractivity contribution in [3.05, 3.63) is 18.2 Å². The van der Waals surface area contributed by atoms with Crippen molar-refractivity contribution in [3.8, 4) is 11.5 Å². The van der Waals surface area contributed by atoms with Gasteiger partial charge in [0.15, 0.2) is 11.5 Å². The number of benzene rings is 1. The highest BCUT2D eigenvalue weighted by Gasteiger charge is 2.19. The van der Waals surface area contributed by atoms with Crippen molar-refractivity contribution in [2.75, 3.05) is 18.7 Å². The maximum Gasteiger partial charge on any atom is 0.231 e. The van der Waals surface area contributed by atoms with Crippen LogP contribution in [0.4, 0.5) is 5.69 Å². The second-order valence-corrected chi connectivity index (χ2v) is 5.82. The lowest BCUT2D eigenvalue weighted by atomic mass is 9.84. The number of anilines is 1. The highest BCUT2D eigenvalue weighted by Crippen LogP contribution is 2.34. The van der Waals surface area contributed by atoms with Crippen molar-refractivity contribution < 1.29 is 14.3 Å². The lowest BCUT2D eigenvalue weighted by Gasteiger charge is -2.23. The van der Waals surface area contributed by atoms with Gasteiger partial charge in [-0.05, 0) is 36.9 Å². The molecule has 5 heteroatoms. The third-order valence-corrected chi connectivity index (χ3v) is 3.51. The minimum Gasteiger partial charge on any atom is -0.454 e. The quantitative estimate of drug-likeness (QED) is 0.838. The number of carbonyl (C=O) groups is 1. The molecule has 0 radical (unpaired) electrons. The molecule has 1 aliphatic heterocycles. The summed E-state index contributed by atoms with van der Waals surface area (Å²) in [5.74, 6) is 1.40. The Morgan fingerprint density at radius 3 is 2.80 bits per heavy atom. The first-order chi connectivity index (χ1) is 9.50. The highest BCUT2D eigenvalue weighted by atomic mass is 16.7. The lowest BCUT2D eigenvalue weighted by Crippen LogP contribution is -2.20. The standard InChI is InChI=1S/C15H22N2O3/c1-15(2,7-8-16)6-5-14(18)17-11-3-4-12-13(9-11)20-10-19-12/h3-4,9H,5-8,10,16H2,1-2H3,(H,17,18). The van der Waals surface area contributed by atoms with Crippen LogP contribution in [0, 0.1) is 5.41 Å². The molecular weight excluding hydrogens is 256 g/mol. The zero-order chi connectivity index (χ0) is 14.6. The van der Waals surface area contributed by atoms with E-state index in [4.69, 9.17) is 15.2 Å². The summed E-state index contributed by atoms with van der Waals surface area (Å²) in [6, 6.07) is 5.40. The maximum absolute atomic E-state index is 11.9. The van der Waals surface area contributed by atoms with E-state index >= 15 is 0 Å². The van der Waals surface area contributed by atoms with Gasteiger partial charge in [0.05, 0.1) is 0 Å². The largest absolute Gasteiger partial charge is 0.454 e. The molecule has 0 spiro atoms. The molecule has 0 saturated carbocycles. The number of nitrogens with two attached hydrogens (primary N) is 1. The Morgan fingerprint density at radius 1 is 1.30 bits per heavy atom. The number of carbonyl (C=O) groups excluding carboxylic acids is 1. The molecule has 0 fully saturated rings. The predicted molar refractivity (Wildman–Crippen MR) is 77.9 cm³/mol. The van der Waals surface area contributed by atoms with Crippen LogP contribution < -0.4 is 20.5 Å². The van der Waals surface area contributed by atoms with Gasteiger partial charge in [-0.3, -0.25) is 4.79 Å². The van der Waals surface area contributed by atoms with Crippen molar-refractivity contribution in [2.45, 2.75) is 33.1 Å². The van der Waals surface area contributed by atoms with Gasteiger partial charge in [0.1, 0.15) is 0 Å². The molecule has 1 aromatic carbocycles. The van der Waals surface area contributed by atoms with Gasteiger partial charge in [0.2, 0.25) is 12.7 Å². The van der Waals surface area contributed by atoms with E-state index in [2.05, 4.69) is 19.2 Å². The van der Waals surface area contributed by atoms with Gasteiger partial charge in [-0.15, -0.1) is 0 Å². The first-order valence-corrected chi connectivity index (χ1v) is 6.90. The van der Waals surface area contributed by atoms with Gasteiger partial charge in [-0.2, -0.15) is 0 Å². The van der Waals surface area contributed by atoms with Crippen LogP contribution >= 0.6 is 0 Å². The average Bonchev–Trinajstić information content (AvgIpc) is 2.84. The van der Waals surface area contributed by atoms with E-state index in [9.17, 15) is 4.79 Å². The third-order valence-electron chi connectivity index (χ3n) is 3.51. The summed E-state index contributed by atoms with van der Waals surface area (Å²) in [5, 5.41) is 2.88. The van der Waals surface area contributed by atoms with Gasteiger partial charge in [-0.1, -0.05) is 13.8 Å². The lowest BCUT2D eigenvalue weighted by molar-refractivity contribution is -0.116. The molecule has 0 aromatic heterocycles. The first-order valence-electron chi connectivity index (χ1n) is 6.90. The molecule has 1 aromatic rings. The Bertz CT molecular complexity index is 486. The second kappa shape index (κ2) is 6.13. The summed E-state index contributed by atoms with van der Waals surface area (Å²) >= 11 is 0. The number of rotatable bonds is 6. The summed E-state index contributed by atoms with van der Waals surface area (Å²) in [6.07, 6.45) is 2.23. The SMILES string of the molecule is CC(C)(CCN)CCC(=O)Nc1ccc2c(c1)OCO2. The van der Waals surface area contributed by atoms with E-state index in [0.29, 0.717) is 24.5 Å². The molecule has 0 bridgehead atoms. The van der Waals surface area contributed by atoms with Crippen molar-refractivity contribution in [2.24, 2.45) is 11.1 Å². The molecule has 0 atom stereocenters. The number of amides is 1. The van der Waals surface area contributed by atoms with Crippen LogP contribution in [0.3, 0.4) is 0 Å². The molecule has 1 aliphatic rings. The minimum absolute atomic E-state index is 0.00830. The fourth-order valence-electron chi connectivity index (χ4n) is 2.17. The molecule has 2 rings (SSSR count). The molecule has 5 nitrogen and oxygen atoms in total. The smallest absolute Gasteiger partial charge is 0.231 e. The Labute approximate surface area is 119 Å². The number of fused-ring (bicyclic) bond motifs is 1. The van der Waals surface area contributed by atoms with Crippen LogP contribution in [0.5, 0.6) is 11.5 Å². The van der Waals surface area contributed by atoms with Crippen LogP contribution in [0.15, 0.2) is 18.2 Å². The van der Waals surface area contributed by atoms with Gasteiger partial charge in [0, 0.05) is 18.2 Å². The van der Waals surface area contributed by atoms with Gasteiger partial charge in [-0.25, -0.2) is 0 Å². The fourth-order valence-corrected chi connectivity index (χ4v) is 2.17. The Kier molecular flexibility index (Phi) is 4.49. The number of hydrogen-bond acceptors (Lipinski definition) is 4. The molecule has 3 N–H and O–H groups in total. The van der Waals surface area contributed by atoms with Crippen molar-refractivity contribution in [1.82, 2.24) is 0 Å². The molecule has 1 heterocycles. The minimum atomic E-state index is 0.00830. The van der Waals surface area contributed by atoms with E-state index in [0.717, 1.165) is 18.5 Å². The number of nitrogens with one attached hydrogen (secondary N) is 1. The van der Waals surface area contributed by atoms with E-state index in [1.165, 1.54) is 0 Å². The number of ether oxygens (including phenoxy) is 2. The van der Waals surface area contributed by atoms with Crippen molar-refractivity contribution in [3.63, 3.8) is 0 Å². The molecule has 20 heavy (non-hydrogen) atoms. The Hall–Kier alpha value is -1.75. The molecule has 0 saturated heterocycles. The maximum atomic E-state index is 11.9. The first kappa shape index (κ1) is 14.7. The molecule has 1 amide bonds. The van der Waals surface area contributed by atoms with Crippen LogP contribution in [-0.4, -0.2) is 19.2 Å². The van der Waals surface area contributed by atoms with Crippen molar-refractivity contribution in [1.29, 1.82) is 0 Å². The average molecular weight is 278 g/mol. The van der Waals surface area contributed by atoms with Gasteiger partial charge < -0.3 is 20.5 Å². The molecule has 110 valence electrons. The summed E-state index contributed by atoms with van der Waals surface area (Å²) in [4.78, 5) is 11.9. The van der Waals surface area contributed by atoms with E-state index in [1.807, 2.05) is 6.07 Å². The van der Waals surface area contributed by atoms with Crippen LogP contribution in [-0.2, 0) is 4.79 Å². The Balaban J connectivity index is 1.85. The zero-order valence-electron chi connectivity index (χ0n) is 12.1. The fraction of sp³-hybridized carbons (Fsp3) is 0.533. The molecule has 0 unspecified atom stereocenters. The summed E-state index contributed by atoms with van der Waals surface area (Å²) in [6.45, 7) is 5.15. The highest BCUT2D eigenvalue weighted by molar-refractivity contribution is 5.91. The third kappa shape index (κ3) is 3.87. The zero-order valence-corrected chi connectivity index (χ0v) is 12.1. The van der Waals surface area contributed by atoms with Gasteiger partial charge in [0.25, 0.3) is 0 Å². The molecular formula is C15H22N2O3. The van der Waals surface area contributed by atoms with E-state index in [1.54, 1.807) is 12.1 Å². The summed E-state index contributed by atoms with van der Waals surface area (Å²) in [7, 11) is 0. The van der Waals surface area contributed by atoms with E-state index < -0.39 is 0 Å².